The lowest BCUT2D eigenvalue weighted by Crippen LogP contribution is -2.48. The second kappa shape index (κ2) is 4.51. The highest BCUT2D eigenvalue weighted by molar-refractivity contribution is 5.77. The van der Waals surface area contributed by atoms with Crippen LogP contribution in [0.4, 0.5) is 0 Å². The van der Waals surface area contributed by atoms with E-state index in [9.17, 15) is 0 Å². The van der Waals surface area contributed by atoms with E-state index in [2.05, 4.69) is 35.3 Å². The first-order valence-corrected chi connectivity index (χ1v) is 6.24. The maximum Gasteiger partial charge on any atom is 0.134 e. The fourth-order valence-corrected chi connectivity index (χ4v) is 2.49. The standard InChI is InChI=1S/C14H18N2O/c1-11-9-16(7-6-15-11)10-13-8-12-4-2-3-5-14(12)17-13/h2-5,8,11,15H,6-7,9-10H2,1H3/t11-/m0/s1. The van der Waals surface area contributed by atoms with E-state index < -0.39 is 0 Å². The smallest absolute Gasteiger partial charge is 0.134 e. The second-order valence-electron chi connectivity index (χ2n) is 4.84. The molecular weight excluding hydrogens is 212 g/mol. The van der Waals surface area contributed by atoms with E-state index in [-0.39, 0.29) is 0 Å². The Kier molecular flexibility index (Phi) is 2.87. The van der Waals surface area contributed by atoms with Gasteiger partial charge in [0.05, 0.1) is 6.54 Å². The molecule has 0 bridgehead atoms. The molecule has 1 saturated heterocycles. The van der Waals surface area contributed by atoms with Crippen LogP contribution < -0.4 is 5.32 Å². The molecule has 1 aliphatic heterocycles. The zero-order valence-electron chi connectivity index (χ0n) is 10.1. The molecule has 1 N–H and O–H groups in total. The van der Waals surface area contributed by atoms with E-state index in [0.717, 1.165) is 37.5 Å². The predicted octanol–water partition coefficient (Wildman–Crippen LogP) is 2.23. The summed E-state index contributed by atoms with van der Waals surface area (Å²) in [6.07, 6.45) is 0. The number of benzene rings is 1. The van der Waals surface area contributed by atoms with E-state index in [4.69, 9.17) is 4.42 Å². The molecule has 1 aromatic carbocycles. The molecule has 1 fully saturated rings. The van der Waals surface area contributed by atoms with Crippen LogP contribution in [0.1, 0.15) is 12.7 Å². The summed E-state index contributed by atoms with van der Waals surface area (Å²) < 4.78 is 5.84. The summed E-state index contributed by atoms with van der Waals surface area (Å²) in [5, 5.41) is 4.65. The summed E-state index contributed by atoms with van der Waals surface area (Å²) in [5.41, 5.74) is 0.991. The van der Waals surface area contributed by atoms with Crippen LogP contribution >= 0.6 is 0 Å². The predicted molar refractivity (Wildman–Crippen MR) is 69.0 cm³/mol. The molecule has 1 aromatic heterocycles. The van der Waals surface area contributed by atoms with E-state index in [1.165, 1.54) is 5.39 Å². The molecule has 0 radical (unpaired) electrons. The average molecular weight is 230 g/mol. The molecule has 2 heterocycles. The van der Waals surface area contributed by atoms with Gasteiger partial charge in [-0.2, -0.15) is 0 Å². The Balaban J connectivity index is 1.75. The van der Waals surface area contributed by atoms with Crippen LogP contribution in [0.2, 0.25) is 0 Å². The van der Waals surface area contributed by atoms with Crippen molar-refractivity contribution in [3.05, 3.63) is 36.1 Å². The normalized spacial score (nSPS) is 22.1. The van der Waals surface area contributed by atoms with Gasteiger partial charge >= 0.3 is 0 Å². The van der Waals surface area contributed by atoms with Crippen LogP contribution in [-0.4, -0.2) is 30.6 Å². The van der Waals surface area contributed by atoms with Gasteiger partial charge in [0.15, 0.2) is 0 Å². The number of nitrogens with zero attached hydrogens (tertiary/aromatic N) is 1. The molecule has 0 saturated carbocycles. The summed E-state index contributed by atoms with van der Waals surface area (Å²) in [5.74, 6) is 1.07. The lowest BCUT2D eigenvalue weighted by atomic mass is 10.2. The summed E-state index contributed by atoms with van der Waals surface area (Å²) in [4.78, 5) is 2.44. The first kappa shape index (κ1) is 10.8. The monoisotopic (exact) mass is 230 g/mol. The molecule has 3 rings (SSSR count). The molecule has 90 valence electrons. The molecule has 1 atom stereocenters. The second-order valence-corrected chi connectivity index (χ2v) is 4.84. The van der Waals surface area contributed by atoms with E-state index in [1.807, 2.05) is 12.1 Å². The Morgan fingerprint density at radius 3 is 3.12 bits per heavy atom. The summed E-state index contributed by atoms with van der Waals surface area (Å²) in [7, 11) is 0. The van der Waals surface area contributed by atoms with Crippen LogP contribution in [0.25, 0.3) is 11.0 Å². The molecule has 0 spiro atoms. The molecule has 0 unspecified atom stereocenters. The van der Waals surface area contributed by atoms with Gasteiger partial charge < -0.3 is 9.73 Å². The van der Waals surface area contributed by atoms with Gasteiger partial charge in [-0.1, -0.05) is 18.2 Å². The Hall–Kier alpha value is -1.32. The number of rotatable bonds is 2. The summed E-state index contributed by atoms with van der Waals surface area (Å²) >= 11 is 0. The van der Waals surface area contributed by atoms with Gasteiger partial charge in [-0.05, 0) is 19.1 Å². The summed E-state index contributed by atoms with van der Waals surface area (Å²) in [6.45, 7) is 6.41. The van der Waals surface area contributed by atoms with Crippen molar-refractivity contribution in [1.82, 2.24) is 10.2 Å². The number of hydrogen-bond donors (Lipinski definition) is 1. The van der Waals surface area contributed by atoms with Crippen LogP contribution in [0.5, 0.6) is 0 Å². The van der Waals surface area contributed by atoms with Crippen molar-refractivity contribution in [1.29, 1.82) is 0 Å². The van der Waals surface area contributed by atoms with Crippen molar-refractivity contribution in [2.24, 2.45) is 0 Å². The minimum atomic E-state index is 0.577. The number of hydrogen-bond acceptors (Lipinski definition) is 3. The first-order chi connectivity index (χ1) is 8.31. The molecule has 3 nitrogen and oxygen atoms in total. The Morgan fingerprint density at radius 2 is 2.29 bits per heavy atom. The van der Waals surface area contributed by atoms with E-state index in [1.54, 1.807) is 0 Å². The third kappa shape index (κ3) is 2.35. The van der Waals surface area contributed by atoms with Gasteiger partial charge in [-0.25, -0.2) is 0 Å². The molecule has 0 amide bonds. The number of nitrogens with one attached hydrogen (secondary N) is 1. The van der Waals surface area contributed by atoms with Gasteiger partial charge in [-0.3, -0.25) is 4.90 Å². The van der Waals surface area contributed by atoms with Crippen LogP contribution in [-0.2, 0) is 6.54 Å². The van der Waals surface area contributed by atoms with Crippen LogP contribution in [0.15, 0.2) is 34.7 Å². The van der Waals surface area contributed by atoms with Crippen molar-refractivity contribution >= 4 is 11.0 Å². The van der Waals surface area contributed by atoms with Gasteiger partial charge in [0, 0.05) is 31.1 Å². The van der Waals surface area contributed by atoms with E-state index in [0.29, 0.717) is 6.04 Å². The van der Waals surface area contributed by atoms with Gasteiger partial charge in [-0.15, -0.1) is 0 Å². The highest BCUT2D eigenvalue weighted by atomic mass is 16.3. The van der Waals surface area contributed by atoms with E-state index >= 15 is 0 Å². The minimum absolute atomic E-state index is 0.577. The van der Waals surface area contributed by atoms with Crippen molar-refractivity contribution in [2.75, 3.05) is 19.6 Å². The third-order valence-corrected chi connectivity index (χ3v) is 3.31. The lowest BCUT2D eigenvalue weighted by Gasteiger charge is -2.30. The lowest BCUT2D eigenvalue weighted by molar-refractivity contribution is 0.188. The van der Waals surface area contributed by atoms with Gasteiger partial charge in [0.25, 0.3) is 0 Å². The summed E-state index contributed by atoms with van der Waals surface area (Å²) in [6, 6.07) is 10.9. The molecular formula is C14H18N2O. The van der Waals surface area contributed by atoms with Crippen LogP contribution in [0, 0.1) is 0 Å². The molecule has 0 aliphatic carbocycles. The highest BCUT2D eigenvalue weighted by Crippen LogP contribution is 2.20. The zero-order chi connectivity index (χ0) is 11.7. The van der Waals surface area contributed by atoms with Crippen molar-refractivity contribution < 1.29 is 4.42 Å². The molecule has 1 aliphatic rings. The first-order valence-electron chi connectivity index (χ1n) is 6.24. The Morgan fingerprint density at radius 1 is 1.41 bits per heavy atom. The SMILES string of the molecule is C[C@H]1CN(Cc2cc3ccccc3o2)CCN1. The highest BCUT2D eigenvalue weighted by Gasteiger charge is 2.16. The minimum Gasteiger partial charge on any atom is -0.460 e. The molecule has 2 aromatic rings. The number of piperazine rings is 1. The average Bonchev–Trinajstić information content (AvgIpc) is 2.71. The number of para-hydroxylation sites is 1. The van der Waals surface area contributed by atoms with Gasteiger partial charge in [0.1, 0.15) is 11.3 Å². The zero-order valence-corrected chi connectivity index (χ0v) is 10.1. The van der Waals surface area contributed by atoms with Crippen LogP contribution in [0.3, 0.4) is 0 Å². The molecule has 3 heteroatoms. The maximum atomic E-state index is 5.84. The molecule has 17 heavy (non-hydrogen) atoms. The number of fused-ring (bicyclic) bond motifs is 1. The largest absolute Gasteiger partial charge is 0.460 e. The maximum absolute atomic E-state index is 5.84. The quantitative estimate of drug-likeness (QED) is 0.857. The fourth-order valence-electron chi connectivity index (χ4n) is 2.49. The fraction of sp³-hybridized carbons (Fsp3) is 0.429. The van der Waals surface area contributed by atoms with Crippen molar-refractivity contribution in [2.45, 2.75) is 19.5 Å². The van der Waals surface area contributed by atoms with Crippen molar-refractivity contribution in [3.8, 4) is 0 Å². The number of furan rings is 1. The topological polar surface area (TPSA) is 28.4 Å². The Labute approximate surface area is 101 Å². The van der Waals surface area contributed by atoms with Gasteiger partial charge in [0.2, 0.25) is 0 Å². The Bertz CT molecular complexity index is 473. The van der Waals surface area contributed by atoms with Crippen molar-refractivity contribution in [3.63, 3.8) is 0 Å². The third-order valence-electron chi connectivity index (χ3n) is 3.31.